The maximum Gasteiger partial charge on any atom is 0.329 e. The van der Waals surface area contributed by atoms with E-state index in [1.54, 1.807) is 0 Å². The third kappa shape index (κ3) is 3.12. The summed E-state index contributed by atoms with van der Waals surface area (Å²) in [6.45, 7) is 4.76. The van der Waals surface area contributed by atoms with Gasteiger partial charge in [0.05, 0.1) is 0 Å². The second-order valence-electron chi connectivity index (χ2n) is 4.40. The van der Waals surface area contributed by atoms with Crippen LogP contribution in [-0.2, 0) is 4.79 Å². The molecule has 1 saturated carbocycles. The van der Waals surface area contributed by atoms with Crippen molar-refractivity contribution in [3.05, 3.63) is 0 Å². The maximum absolute atomic E-state index is 11.5. The van der Waals surface area contributed by atoms with Crippen LogP contribution < -0.4 is 10.6 Å². The molecule has 5 heteroatoms. The molecule has 1 fully saturated rings. The highest BCUT2D eigenvalue weighted by Gasteiger charge is 2.51. The van der Waals surface area contributed by atoms with Gasteiger partial charge in [-0.25, -0.2) is 9.59 Å². The topological polar surface area (TPSA) is 78.4 Å². The molecule has 5 nitrogen and oxygen atoms in total. The summed E-state index contributed by atoms with van der Waals surface area (Å²) in [6.07, 6.45) is 3.09. The molecule has 0 atom stereocenters. The van der Waals surface area contributed by atoms with E-state index in [4.69, 9.17) is 5.11 Å². The lowest BCUT2D eigenvalue weighted by Gasteiger charge is -2.16. The normalized spacial score (nSPS) is 16.9. The van der Waals surface area contributed by atoms with Crippen LogP contribution in [0.1, 0.15) is 39.5 Å². The first-order valence-corrected chi connectivity index (χ1v) is 5.83. The molecule has 92 valence electrons. The molecular weight excluding hydrogens is 208 g/mol. The van der Waals surface area contributed by atoms with Crippen LogP contribution >= 0.6 is 0 Å². The number of rotatable bonds is 6. The molecule has 0 aromatic heterocycles. The van der Waals surface area contributed by atoms with Crippen LogP contribution in [0.4, 0.5) is 4.79 Å². The number of carbonyl (C=O) groups excluding carboxylic acids is 1. The van der Waals surface area contributed by atoms with Gasteiger partial charge in [0.2, 0.25) is 0 Å². The number of carbonyl (C=O) groups is 2. The van der Waals surface area contributed by atoms with Gasteiger partial charge in [-0.2, -0.15) is 0 Å². The molecule has 1 aliphatic carbocycles. The standard InChI is InChI=1S/C11H20N2O3/c1-3-8(4-2)7-12-10(16)13-11(5-6-11)9(14)15/h8H,3-7H2,1-2H3,(H,14,15)(H2,12,13,16). The van der Waals surface area contributed by atoms with Crippen molar-refractivity contribution < 1.29 is 14.7 Å². The van der Waals surface area contributed by atoms with Gasteiger partial charge in [0.1, 0.15) is 5.54 Å². The van der Waals surface area contributed by atoms with Gasteiger partial charge in [-0.3, -0.25) is 0 Å². The van der Waals surface area contributed by atoms with Crippen molar-refractivity contribution in [3.63, 3.8) is 0 Å². The number of amides is 2. The highest BCUT2D eigenvalue weighted by atomic mass is 16.4. The zero-order chi connectivity index (χ0) is 12.2. The van der Waals surface area contributed by atoms with Gasteiger partial charge in [-0.1, -0.05) is 26.7 Å². The minimum atomic E-state index is -0.988. The van der Waals surface area contributed by atoms with E-state index < -0.39 is 11.5 Å². The first-order valence-electron chi connectivity index (χ1n) is 5.83. The van der Waals surface area contributed by atoms with Crippen LogP contribution in [0.25, 0.3) is 0 Å². The summed E-state index contributed by atoms with van der Waals surface area (Å²) in [4.78, 5) is 22.3. The third-order valence-electron chi connectivity index (χ3n) is 3.22. The molecule has 0 radical (unpaired) electrons. The van der Waals surface area contributed by atoms with Crippen molar-refractivity contribution >= 4 is 12.0 Å². The van der Waals surface area contributed by atoms with Gasteiger partial charge in [0.15, 0.2) is 0 Å². The monoisotopic (exact) mass is 228 g/mol. The Balaban J connectivity index is 2.29. The molecule has 16 heavy (non-hydrogen) atoms. The molecule has 0 heterocycles. The quantitative estimate of drug-likeness (QED) is 0.642. The lowest BCUT2D eigenvalue weighted by molar-refractivity contribution is -0.140. The molecule has 0 saturated heterocycles. The van der Waals surface area contributed by atoms with Crippen LogP contribution in [0.15, 0.2) is 0 Å². The molecule has 1 rings (SSSR count). The van der Waals surface area contributed by atoms with E-state index in [1.165, 1.54) is 0 Å². The first kappa shape index (κ1) is 12.8. The van der Waals surface area contributed by atoms with Crippen molar-refractivity contribution in [2.75, 3.05) is 6.54 Å². The summed E-state index contributed by atoms with van der Waals surface area (Å²) in [5, 5.41) is 14.1. The molecule has 0 aliphatic heterocycles. The molecular formula is C11H20N2O3. The molecule has 0 aromatic rings. The Morgan fingerprint density at radius 3 is 2.25 bits per heavy atom. The van der Waals surface area contributed by atoms with Crippen LogP contribution in [0.2, 0.25) is 0 Å². The van der Waals surface area contributed by atoms with E-state index in [-0.39, 0.29) is 6.03 Å². The van der Waals surface area contributed by atoms with Gasteiger partial charge >= 0.3 is 12.0 Å². The Morgan fingerprint density at radius 1 is 1.31 bits per heavy atom. The Kier molecular flexibility index (Phi) is 4.15. The van der Waals surface area contributed by atoms with Crippen molar-refractivity contribution in [1.82, 2.24) is 10.6 Å². The van der Waals surface area contributed by atoms with Crippen LogP contribution in [0.5, 0.6) is 0 Å². The summed E-state index contributed by atoms with van der Waals surface area (Å²) in [7, 11) is 0. The Hall–Kier alpha value is -1.26. The highest BCUT2D eigenvalue weighted by Crippen LogP contribution is 2.35. The summed E-state index contributed by atoms with van der Waals surface area (Å²) in [5.74, 6) is -0.476. The molecule has 0 unspecified atom stereocenters. The highest BCUT2D eigenvalue weighted by molar-refractivity contribution is 5.88. The van der Waals surface area contributed by atoms with Gasteiger partial charge in [0, 0.05) is 6.54 Å². The zero-order valence-corrected chi connectivity index (χ0v) is 9.88. The predicted octanol–water partition coefficient (Wildman–Crippen LogP) is 1.34. The number of urea groups is 1. The lowest BCUT2D eigenvalue weighted by atomic mass is 10.0. The second-order valence-corrected chi connectivity index (χ2v) is 4.40. The van der Waals surface area contributed by atoms with Gasteiger partial charge in [-0.05, 0) is 18.8 Å². The fourth-order valence-electron chi connectivity index (χ4n) is 1.59. The fraction of sp³-hybridized carbons (Fsp3) is 0.818. The fourth-order valence-corrected chi connectivity index (χ4v) is 1.59. The van der Waals surface area contributed by atoms with E-state index >= 15 is 0 Å². The number of hydrogen-bond acceptors (Lipinski definition) is 2. The molecule has 0 bridgehead atoms. The number of nitrogens with one attached hydrogen (secondary N) is 2. The van der Waals surface area contributed by atoms with Crippen molar-refractivity contribution in [2.24, 2.45) is 5.92 Å². The lowest BCUT2D eigenvalue weighted by Crippen LogP contribution is -2.48. The molecule has 3 N–H and O–H groups in total. The number of aliphatic carboxylic acids is 1. The number of carboxylic acids is 1. The van der Waals surface area contributed by atoms with Crippen molar-refractivity contribution in [3.8, 4) is 0 Å². The first-order chi connectivity index (χ1) is 7.54. The van der Waals surface area contributed by atoms with Gasteiger partial charge in [-0.15, -0.1) is 0 Å². The third-order valence-corrected chi connectivity index (χ3v) is 3.22. The molecule has 0 aromatic carbocycles. The molecule has 1 aliphatic rings. The second kappa shape index (κ2) is 5.18. The van der Waals surface area contributed by atoms with Gasteiger partial charge in [0.25, 0.3) is 0 Å². The minimum Gasteiger partial charge on any atom is -0.480 e. The van der Waals surface area contributed by atoms with Crippen molar-refractivity contribution in [2.45, 2.75) is 45.1 Å². The van der Waals surface area contributed by atoms with Crippen LogP contribution in [0.3, 0.4) is 0 Å². The van der Waals surface area contributed by atoms with E-state index in [0.717, 1.165) is 12.8 Å². The largest absolute Gasteiger partial charge is 0.480 e. The van der Waals surface area contributed by atoms with E-state index in [2.05, 4.69) is 24.5 Å². The van der Waals surface area contributed by atoms with E-state index in [1.807, 2.05) is 0 Å². The SMILES string of the molecule is CCC(CC)CNC(=O)NC1(C(=O)O)CC1. The van der Waals surface area contributed by atoms with E-state index in [0.29, 0.717) is 25.3 Å². The maximum atomic E-state index is 11.5. The summed E-state index contributed by atoms with van der Waals surface area (Å²) in [6, 6.07) is -0.369. The summed E-state index contributed by atoms with van der Waals surface area (Å²) >= 11 is 0. The summed E-state index contributed by atoms with van der Waals surface area (Å²) < 4.78 is 0. The minimum absolute atomic E-state index is 0.369. The summed E-state index contributed by atoms with van der Waals surface area (Å²) in [5.41, 5.74) is -0.988. The Bertz CT molecular complexity index is 270. The van der Waals surface area contributed by atoms with Crippen LogP contribution in [0, 0.1) is 5.92 Å². The number of hydrogen-bond donors (Lipinski definition) is 3. The number of carboxylic acid groups (broad SMARTS) is 1. The van der Waals surface area contributed by atoms with Crippen molar-refractivity contribution in [1.29, 1.82) is 0 Å². The molecule has 2 amide bonds. The Morgan fingerprint density at radius 2 is 1.88 bits per heavy atom. The predicted molar refractivity (Wildman–Crippen MR) is 60.2 cm³/mol. The zero-order valence-electron chi connectivity index (χ0n) is 9.88. The van der Waals surface area contributed by atoms with Gasteiger partial charge < -0.3 is 15.7 Å². The smallest absolute Gasteiger partial charge is 0.329 e. The average molecular weight is 228 g/mol. The van der Waals surface area contributed by atoms with Crippen LogP contribution in [-0.4, -0.2) is 29.2 Å². The Labute approximate surface area is 95.6 Å². The van der Waals surface area contributed by atoms with E-state index in [9.17, 15) is 9.59 Å². The average Bonchev–Trinajstić information content (AvgIpc) is 3.00. The molecule has 0 spiro atoms.